The number of nitrogens with one attached hydrogen (secondary N) is 1. The lowest BCUT2D eigenvalue weighted by Crippen LogP contribution is -2.11. The molecule has 0 atom stereocenters. The number of carbonyl (C=O) groups is 2. The molecule has 0 fully saturated rings. The summed E-state index contributed by atoms with van der Waals surface area (Å²) in [6.45, 7) is 0. The molecule has 19 heavy (non-hydrogen) atoms. The van der Waals surface area contributed by atoms with Crippen LogP contribution in [0.5, 0.6) is 0 Å². The van der Waals surface area contributed by atoms with Gasteiger partial charge in [0.1, 0.15) is 0 Å². The second-order valence-electron chi connectivity index (χ2n) is 3.57. The zero-order chi connectivity index (χ0) is 13.0. The molecule has 0 saturated carbocycles. The summed E-state index contributed by atoms with van der Waals surface area (Å²) in [7, 11) is 0. The standard InChI is InChI=1S/C13H10N2O3.ClH/c16-12(9-5-7-14-8-6-9)15-11-3-1-10(2-4-11)13(17)18;/h1-8H,(H,15,16)(H,17,18);1H. The van der Waals surface area contributed by atoms with Crippen molar-refractivity contribution in [2.24, 2.45) is 0 Å². The Balaban J connectivity index is 0.00000180. The predicted octanol–water partition coefficient (Wildman–Crippen LogP) is 2.45. The average molecular weight is 279 g/mol. The summed E-state index contributed by atoms with van der Waals surface area (Å²) < 4.78 is 0. The van der Waals surface area contributed by atoms with E-state index in [0.717, 1.165) is 0 Å². The normalized spacial score (nSPS) is 9.26. The third-order valence-corrected chi connectivity index (χ3v) is 2.33. The molecule has 6 heteroatoms. The number of amides is 1. The quantitative estimate of drug-likeness (QED) is 0.904. The molecule has 0 aliphatic rings. The van der Waals surface area contributed by atoms with Crippen LogP contribution < -0.4 is 5.32 Å². The van der Waals surface area contributed by atoms with E-state index in [2.05, 4.69) is 10.3 Å². The molecule has 1 amide bonds. The topological polar surface area (TPSA) is 79.3 Å². The third kappa shape index (κ3) is 3.79. The maximum absolute atomic E-state index is 11.8. The smallest absolute Gasteiger partial charge is 0.335 e. The second kappa shape index (κ2) is 6.51. The average Bonchev–Trinajstić information content (AvgIpc) is 2.40. The summed E-state index contributed by atoms with van der Waals surface area (Å²) in [5, 5.41) is 11.4. The number of aromatic nitrogens is 1. The number of halogens is 1. The van der Waals surface area contributed by atoms with E-state index in [1.54, 1.807) is 24.3 Å². The number of benzene rings is 1. The van der Waals surface area contributed by atoms with Crippen LogP contribution >= 0.6 is 12.4 Å². The molecule has 0 unspecified atom stereocenters. The molecule has 0 saturated heterocycles. The second-order valence-corrected chi connectivity index (χ2v) is 3.57. The number of hydrogen-bond donors (Lipinski definition) is 2. The van der Waals surface area contributed by atoms with E-state index in [9.17, 15) is 9.59 Å². The molecule has 5 nitrogen and oxygen atoms in total. The van der Waals surface area contributed by atoms with Gasteiger partial charge in [-0.25, -0.2) is 4.79 Å². The number of carbonyl (C=O) groups excluding carboxylic acids is 1. The largest absolute Gasteiger partial charge is 0.478 e. The van der Waals surface area contributed by atoms with Crippen molar-refractivity contribution in [2.45, 2.75) is 0 Å². The lowest BCUT2D eigenvalue weighted by Gasteiger charge is -2.05. The van der Waals surface area contributed by atoms with Gasteiger partial charge in [-0.05, 0) is 36.4 Å². The maximum atomic E-state index is 11.8. The van der Waals surface area contributed by atoms with Crippen LogP contribution in [0.15, 0.2) is 48.8 Å². The number of nitrogens with zero attached hydrogens (tertiary/aromatic N) is 1. The first-order chi connectivity index (χ1) is 8.66. The van der Waals surface area contributed by atoms with Gasteiger partial charge in [0.25, 0.3) is 5.91 Å². The van der Waals surface area contributed by atoms with Gasteiger partial charge in [0.2, 0.25) is 0 Å². The van der Waals surface area contributed by atoms with Gasteiger partial charge in [0.05, 0.1) is 5.56 Å². The molecule has 1 aromatic heterocycles. The van der Waals surface area contributed by atoms with Crippen LogP contribution in [-0.4, -0.2) is 22.0 Å². The molecular weight excluding hydrogens is 268 g/mol. The fourth-order valence-electron chi connectivity index (χ4n) is 1.40. The molecule has 0 bridgehead atoms. The molecule has 2 rings (SSSR count). The van der Waals surface area contributed by atoms with Gasteiger partial charge in [-0.3, -0.25) is 9.78 Å². The maximum Gasteiger partial charge on any atom is 0.335 e. The van der Waals surface area contributed by atoms with Crippen LogP contribution in [0.25, 0.3) is 0 Å². The van der Waals surface area contributed by atoms with E-state index in [1.807, 2.05) is 0 Å². The van der Waals surface area contributed by atoms with E-state index >= 15 is 0 Å². The molecule has 2 aromatic rings. The number of carboxylic acids is 1. The van der Waals surface area contributed by atoms with Gasteiger partial charge in [-0.1, -0.05) is 0 Å². The van der Waals surface area contributed by atoms with Crippen LogP contribution in [0.4, 0.5) is 5.69 Å². The van der Waals surface area contributed by atoms with Crippen LogP contribution in [-0.2, 0) is 0 Å². The minimum absolute atomic E-state index is 0. The van der Waals surface area contributed by atoms with Gasteiger partial charge in [-0.2, -0.15) is 0 Å². The highest BCUT2D eigenvalue weighted by Crippen LogP contribution is 2.11. The van der Waals surface area contributed by atoms with Crippen molar-refractivity contribution in [3.8, 4) is 0 Å². The predicted molar refractivity (Wildman–Crippen MR) is 72.8 cm³/mol. The lowest BCUT2D eigenvalue weighted by molar-refractivity contribution is 0.0696. The van der Waals surface area contributed by atoms with Crippen molar-refractivity contribution in [3.63, 3.8) is 0 Å². The first kappa shape index (κ1) is 14.7. The number of rotatable bonds is 3. The molecule has 0 aliphatic heterocycles. The van der Waals surface area contributed by atoms with Gasteiger partial charge < -0.3 is 10.4 Å². The molecule has 0 aliphatic carbocycles. The summed E-state index contributed by atoms with van der Waals surface area (Å²) in [5.41, 5.74) is 1.21. The highest BCUT2D eigenvalue weighted by Gasteiger charge is 2.06. The van der Waals surface area contributed by atoms with Gasteiger partial charge in [-0.15, -0.1) is 12.4 Å². The van der Waals surface area contributed by atoms with Gasteiger partial charge in [0, 0.05) is 23.6 Å². The Bertz CT molecular complexity index is 570. The number of pyridine rings is 1. The zero-order valence-electron chi connectivity index (χ0n) is 9.74. The Kier molecular flexibility index (Phi) is 5.02. The van der Waals surface area contributed by atoms with E-state index in [-0.39, 0.29) is 23.9 Å². The molecule has 98 valence electrons. The first-order valence-electron chi connectivity index (χ1n) is 5.21. The Morgan fingerprint density at radius 3 is 2.05 bits per heavy atom. The Morgan fingerprint density at radius 2 is 1.53 bits per heavy atom. The highest BCUT2D eigenvalue weighted by molar-refractivity contribution is 6.04. The molecule has 1 aromatic carbocycles. The van der Waals surface area contributed by atoms with E-state index in [1.165, 1.54) is 24.5 Å². The fourth-order valence-corrected chi connectivity index (χ4v) is 1.40. The minimum atomic E-state index is -0.998. The van der Waals surface area contributed by atoms with Crippen LogP contribution in [0.1, 0.15) is 20.7 Å². The summed E-state index contributed by atoms with van der Waals surface area (Å²) in [5.74, 6) is -1.26. The molecule has 1 heterocycles. The van der Waals surface area contributed by atoms with Crippen LogP contribution in [0, 0.1) is 0 Å². The SMILES string of the molecule is Cl.O=C(O)c1ccc(NC(=O)c2ccncc2)cc1. The van der Waals surface area contributed by atoms with Gasteiger partial charge >= 0.3 is 5.97 Å². The summed E-state index contributed by atoms with van der Waals surface area (Å²) in [6, 6.07) is 9.15. The van der Waals surface area contributed by atoms with Crippen molar-refractivity contribution in [2.75, 3.05) is 5.32 Å². The summed E-state index contributed by atoms with van der Waals surface area (Å²) in [6.07, 6.45) is 3.06. The molecule has 0 spiro atoms. The van der Waals surface area contributed by atoms with Gasteiger partial charge in [0.15, 0.2) is 0 Å². The van der Waals surface area contributed by atoms with E-state index < -0.39 is 5.97 Å². The van der Waals surface area contributed by atoms with Crippen molar-refractivity contribution < 1.29 is 14.7 Å². The summed E-state index contributed by atoms with van der Waals surface area (Å²) >= 11 is 0. The van der Waals surface area contributed by atoms with Crippen molar-refractivity contribution >= 4 is 30.0 Å². The Labute approximate surface area is 115 Å². The first-order valence-corrected chi connectivity index (χ1v) is 5.21. The van der Waals surface area contributed by atoms with Crippen molar-refractivity contribution in [1.29, 1.82) is 0 Å². The zero-order valence-corrected chi connectivity index (χ0v) is 10.6. The third-order valence-electron chi connectivity index (χ3n) is 2.33. The van der Waals surface area contributed by atoms with E-state index in [4.69, 9.17) is 5.11 Å². The molecule has 0 radical (unpaired) electrons. The Morgan fingerprint density at radius 1 is 0.947 bits per heavy atom. The van der Waals surface area contributed by atoms with Crippen LogP contribution in [0.2, 0.25) is 0 Å². The van der Waals surface area contributed by atoms with E-state index in [0.29, 0.717) is 11.3 Å². The summed E-state index contributed by atoms with van der Waals surface area (Å²) in [4.78, 5) is 26.3. The number of aromatic carboxylic acids is 1. The monoisotopic (exact) mass is 278 g/mol. The molecule has 2 N–H and O–H groups in total. The Hall–Kier alpha value is -2.40. The van der Waals surface area contributed by atoms with Crippen molar-refractivity contribution in [3.05, 3.63) is 59.9 Å². The highest BCUT2D eigenvalue weighted by atomic mass is 35.5. The molecular formula is C13H11ClN2O3. The minimum Gasteiger partial charge on any atom is -0.478 e. The van der Waals surface area contributed by atoms with Crippen LogP contribution in [0.3, 0.4) is 0 Å². The van der Waals surface area contributed by atoms with Crippen molar-refractivity contribution in [1.82, 2.24) is 4.98 Å². The number of carboxylic acid groups (broad SMARTS) is 1. The lowest BCUT2D eigenvalue weighted by atomic mass is 10.2. The fraction of sp³-hybridized carbons (Fsp3) is 0. The number of hydrogen-bond acceptors (Lipinski definition) is 3. The number of anilines is 1.